The first-order valence-corrected chi connectivity index (χ1v) is 10.0. The Morgan fingerprint density at radius 3 is 2.80 bits per heavy atom. The maximum atomic E-state index is 13.1. The fraction of sp³-hybridized carbons (Fsp3) is 0.389. The molecule has 0 N–H and O–H groups in total. The van der Waals surface area contributed by atoms with Crippen LogP contribution in [0.15, 0.2) is 39.1 Å². The highest BCUT2D eigenvalue weighted by Crippen LogP contribution is 2.34. The van der Waals surface area contributed by atoms with Crippen molar-refractivity contribution in [3.8, 4) is 5.69 Å². The van der Waals surface area contributed by atoms with Crippen molar-refractivity contribution in [2.75, 3.05) is 12.4 Å². The predicted octanol–water partition coefficient (Wildman–Crippen LogP) is 3.23. The van der Waals surface area contributed by atoms with Crippen LogP contribution in [0.25, 0.3) is 5.69 Å². The van der Waals surface area contributed by atoms with Crippen molar-refractivity contribution in [3.63, 3.8) is 0 Å². The third kappa shape index (κ3) is 3.93. The zero-order valence-electron chi connectivity index (χ0n) is 14.4. The Labute approximate surface area is 155 Å². The quantitative estimate of drug-likeness (QED) is 0.454. The van der Waals surface area contributed by atoms with Gasteiger partial charge < -0.3 is 4.74 Å². The molecule has 1 atom stereocenters. The minimum atomic E-state index is -0.305. The Morgan fingerprint density at radius 1 is 1.40 bits per heavy atom. The Bertz CT molecular complexity index is 847. The Balaban J connectivity index is 2.04. The molecule has 0 bridgehead atoms. The molecule has 0 fully saturated rings. The summed E-state index contributed by atoms with van der Waals surface area (Å²) in [7, 11) is 0. The van der Waals surface area contributed by atoms with Crippen LogP contribution in [0.5, 0.6) is 0 Å². The number of ether oxygens (including phenoxy) is 1. The molecule has 0 spiro atoms. The molecule has 0 saturated heterocycles. The lowest BCUT2D eigenvalue weighted by Gasteiger charge is -2.13. The molecule has 0 radical (unpaired) electrons. The van der Waals surface area contributed by atoms with Crippen LogP contribution in [-0.4, -0.2) is 33.1 Å². The average Bonchev–Trinajstić information content (AvgIpc) is 2.95. The van der Waals surface area contributed by atoms with E-state index in [2.05, 4.69) is 6.92 Å². The van der Waals surface area contributed by atoms with E-state index >= 15 is 0 Å². The highest BCUT2D eigenvalue weighted by atomic mass is 32.2. The lowest BCUT2D eigenvalue weighted by molar-refractivity contribution is -0.139. The molecule has 25 heavy (non-hydrogen) atoms. The van der Waals surface area contributed by atoms with Crippen molar-refractivity contribution >= 4 is 29.5 Å². The minimum Gasteiger partial charge on any atom is -0.465 e. The van der Waals surface area contributed by atoms with Gasteiger partial charge in [0.2, 0.25) is 0 Å². The Kier molecular flexibility index (Phi) is 5.54. The number of aromatic nitrogens is 2. The number of carbonyl (C=O) groups excluding carboxylic acids is 1. The number of fused-ring (bicyclic) bond motifs is 1. The number of esters is 1. The first-order chi connectivity index (χ1) is 12.0. The van der Waals surface area contributed by atoms with Crippen molar-refractivity contribution < 1.29 is 9.53 Å². The molecule has 0 saturated carbocycles. The van der Waals surface area contributed by atoms with E-state index in [-0.39, 0.29) is 17.3 Å². The summed E-state index contributed by atoms with van der Waals surface area (Å²) in [6.45, 7) is 6.21. The summed E-state index contributed by atoms with van der Waals surface area (Å²) < 4.78 is 6.59. The number of aryl methyl sites for hydroxylation is 1. The maximum Gasteiger partial charge on any atom is 0.316 e. The normalized spacial score (nSPS) is 15.9. The van der Waals surface area contributed by atoms with Gasteiger partial charge in [-0.1, -0.05) is 36.4 Å². The minimum absolute atomic E-state index is 0.0606. The lowest BCUT2D eigenvalue weighted by atomic mass is 10.2. The van der Waals surface area contributed by atoms with Crippen LogP contribution in [0.4, 0.5) is 0 Å². The molecule has 0 amide bonds. The fourth-order valence-corrected chi connectivity index (χ4v) is 4.57. The summed E-state index contributed by atoms with van der Waals surface area (Å²) in [6.07, 6.45) is 0.775. The first kappa shape index (κ1) is 18.1. The van der Waals surface area contributed by atoms with Crippen LogP contribution >= 0.6 is 23.5 Å². The highest BCUT2D eigenvalue weighted by molar-refractivity contribution is 8.00. The SMILES string of the molecule is CCOC(=O)CSc1nc2c(c(=O)n1-c1ccc(C)cc1)S[C@H](C)C2. The first-order valence-electron chi connectivity index (χ1n) is 8.17. The standard InChI is InChI=1S/C18H20N2O3S2/c1-4-23-15(21)10-24-18-19-14-9-12(3)25-16(14)17(22)20(18)13-7-5-11(2)6-8-13/h5-8,12H,4,9-10H2,1-3H3/t12-/m1/s1. The van der Waals surface area contributed by atoms with Crippen molar-refractivity contribution in [2.24, 2.45) is 0 Å². The van der Waals surface area contributed by atoms with Crippen molar-refractivity contribution in [3.05, 3.63) is 45.9 Å². The van der Waals surface area contributed by atoms with Crippen LogP contribution in [0.3, 0.4) is 0 Å². The molecule has 5 nitrogen and oxygen atoms in total. The Hall–Kier alpha value is -1.73. The van der Waals surface area contributed by atoms with Gasteiger partial charge in [-0.2, -0.15) is 0 Å². The predicted molar refractivity (Wildman–Crippen MR) is 101 cm³/mol. The van der Waals surface area contributed by atoms with E-state index in [1.54, 1.807) is 23.3 Å². The van der Waals surface area contributed by atoms with E-state index in [0.717, 1.165) is 23.4 Å². The monoisotopic (exact) mass is 376 g/mol. The van der Waals surface area contributed by atoms with Crippen molar-refractivity contribution in [2.45, 2.75) is 42.5 Å². The van der Waals surface area contributed by atoms with E-state index in [1.165, 1.54) is 11.8 Å². The summed E-state index contributed by atoms with van der Waals surface area (Å²) in [5.41, 5.74) is 2.65. The van der Waals surface area contributed by atoms with E-state index in [9.17, 15) is 9.59 Å². The van der Waals surface area contributed by atoms with Gasteiger partial charge >= 0.3 is 5.97 Å². The molecule has 1 aromatic heterocycles. The van der Waals surface area contributed by atoms with Crippen LogP contribution in [0.1, 0.15) is 25.1 Å². The lowest BCUT2D eigenvalue weighted by Crippen LogP contribution is -2.24. The van der Waals surface area contributed by atoms with E-state index < -0.39 is 0 Å². The molecule has 2 aromatic rings. The van der Waals surface area contributed by atoms with Crippen LogP contribution in [0.2, 0.25) is 0 Å². The van der Waals surface area contributed by atoms with E-state index in [0.29, 0.717) is 21.9 Å². The summed E-state index contributed by atoms with van der Waals surface area (Å²) in [5.74, 6) is -0.173. The molecule has 3 rings (SSSR count). The smallest absolute Gasteiger partial charge is 0.316 e. The second-order valence-electron chi connectivity index (χ2n) is 5.87. The third-order valence-corrected chi connectivity index (χ3v) is 5.92. The molecule has 1 aromatic carbocycles. The molecule has 132 valence electrons. The van der Waals surface area contributed by atoms with E-state index in [4.69, 9.17) is 9.72 Å². The van der Waals surface area contributed by atoms with Crippen LogP contribution in [0, 0.1) is 6.92 Å². The maximum absolute atomic E-state index is 13.1. The third-order valence-electron chi connectivity index (χ3n) is 3.80. The number of thioether (sulfide) groups is 2. The van der Waals surface area contributed by atoms with Gasteiger partial charge in [-0.05, 0) is 26.0 Å². The Morgan fingerprint density at radius 2 is 2.12 bits per heavy atom. The highest BCUT2D eigenvalue weighted by Gasteiger charge is 2.27. The molecule has 2 heterocycles. The van der Waals surface area contributed by atoms with Gasteiger partial charge in [0.25, 0.3) is 5.56 Å². The molecule has 7 heteroatoms. The van der Waals surface area contributed by atoms with Gasteiger partial charge in [0.05, 0.1) is 28.6 Å². The molecular formula is C18H20N2O3S2. The number of rotatable bonds is 5. The number of hydrogen-bond donors (Lipinski definition) is 0. The number of hydrogen-bond acceptors (Lipinski definition) is 6. The van der Waals surface area contributed by atoms with Crippen molar-refractivity contribution in [1.29, 1.82) is 0 Å². The number of carbonyl (C=O) groups is 1. The number of nitrogens with zero attached hydrogens (tertiary/aromatic N) is 2. The fourth-order valence-electron chi connectivity index (χ4n) is 2.64. The molecule has 1 aliphatic rings. The number of benzene rings is 1. The van der Waals surface area contributed by atoms with Crippen LogP contribution < -0.4 is 5.56 Å². The van der Waals surface area contributed by atoms with E-state index in [1.807, 2.05) is 31.2 Å². The van der Waals surface area contributed by atoms with Crippen molar-refractivity contribution in [1.82, 2.24) is 9.55 Å². The second-order valence-corrected chi connectivity index (χ2v) is 8.26. The largest absolute Gasteiger partial charge is 0.465 e. The summed E-state index contributed by atoms with van der Waals surface area (Å²) >= 11 is 2.82. The molecule has 0 aliphatic carbocycles. The van der Waals surface area contributed by atoms with Gasteiger partial charge in [-0.15, -0.1) is 11.8 Å². The van der Waals surface area contributed by atoms with Gasteiger partial charge in [-0.3, -0.25) is 14.2 Å². The zero-order chi connectivity index (χ0) is 18.0. The van der Waals surface area contributed by atoms with Gasteiger partial charge in [0, 0.05) is 11.7 Å². The van der Waals surface area contributed by atoms with Gasteiger partial charge in [0.1, 0.15) is 0 Å². The van der Waals surface area contributed by atoms with Gasteiger partial charge in [0.15, 0.2) is 5.16 Å². The zero-order valence-corrected chi connectivity index (χ0v) is 16.1. The summed E-state index contributed by atoms with van der Waals surface area (Å²) in [5, 5.41) is 0.877. The summed E-state index contributed by atoms with van der Waals surface area (Å²) in [4.78, 5) is 30.2. The molecule has 0 unspecified atom stereocenters. The summed E-state index contributed by atoms with van der Waals surface area (Å²) in [6, 6.07) is 7.74. The second kappa shape index (κ2) is 7.66. The topological polar surface area (TPSA) is 61.2 Å². The van der Waals surface area contributed by atoms with Crippen LogP contribution in [-0.2, 0) is 16.0 Å². The molecular weight excluding hydrogens is 356 g/mol. The van der Waals surface area contributed by atoms with Gasteiger partial charge in [-0.25, -0.2) is 4.98 Å². The molecule has 1 aliphatic heterocycles. The average molecular weight is 377 g/mol.